The summed E-state index contributed by atoms with van der Waals surface area (Å²) in [7, 11) is 1.62. The molecule has 0 aromatic carbocycles. The first-order valence-corrected chi connectivity index (χ1v) is 3.91. The fraction of sp³-hybridized carbons (Fsp3) is 0.714. The zero-order valence-corrected chi connectivity index (χ0v) is 7.34. The molecule has 0 heterocycles. The van der Waals surface area contributed by atoms with Crippen molar-refractivity contribution in [1.29, 1.82) is 0 Å². The average Bonchev–Trinajstić information content (AvgIpc) is 2.03. The van der Waals surface area contributed by atoms with Gasteiger partial charge in [-0.15, -0.1) is 0 Å². The minimum absolute atomic E-state index is 0.257. The van der Waals surface area contributed by atoms with Gasteiger partial charge in [0.05, 0.1) is 0 Å². The predicted molar refractivity (Wildman–Crippen MR) is 48.6 cm³/mol. The van der Waals surface area contributed by atoms with Gasteiger partial charge < -0.3 is 16.8 Å². The van der Waals surface area contributed by atoms with E-state index in [0.717, 1.165) is 19.4 Å². The van der Waals surface area contributed by atoms with Crippen LogP contribution in [0, 0.1) is 0 Å². The molecule has 1 amide bonds. The van der Waals surface area contributed by atoms with Crippen LogP contribution in [0.5, 0.6) is 0 Å². The zero-order valence-electron chi connectivity index (χ0n) is 7.34. The van der Waals surface area contributed by atoms with Gasteiger partial charge in [0.2, 0.25) is 5.91 Å². The Morgan fingerprint density at radius 3 is 2.58 bits per heavy atom. The van der Waals surface area contributed by atoms with Crippen molar-refractivity contribution in [3.8, 4) is 0 Å². The van der Waals surface area contributed by atoms with E-state index in [9.17, 15) is 4.79 Å². The number of carbonyl (C=O) groups is 1. The molecule has 0 aromatic heterocycles. The first kappa shape index (κ1) is 10.7. The van der Waals surface area contributed by atoms with Crippen LogP contribution in [0.15, 0.2) is 4.99 Å². The third-order valence-corrected chi connectivity index (χ3v) is 1.40. The summed E-state index contributed by atoms with van der Waals surface area (Å²) in [6.45, 7) is 0.733. The first-order valence-electron chi connectivity index (χ1n) is 3.91. The van der Waals surface area contributed by atoms with Gasteiger partial charge in [-0.1, -0.05) is 0 Å². The Morgan fingerprint density at radius 1 is 1.42 bits per heavy atom. The van der Waals surface area contributed by atoms with Crippen molar-refractivity contribution < 1.29 is 4.79 Å². The highest BCUT2D eigenvalue weighted by Gasteiger charge is 1.94. The van der Waals surface area contributed by atoms with E-state index < -0.39 is 0 Å². The summed E-state index contributed by atoms with van der Waals surface area (Å²) in [6.07, 6.45) is 2.10. The van der Waals surface area contributed by atoms with Gasteiger partial charge in [0.15, 0.2) is 5.96 Å². The highest BCUT2D eigenvalue weighted by Crippen LogP contribution is 1.91. The summed E-state index contributed by atoms with van der Waals surface area (Å²) >= 11 is 0. The number of carbonyl (C=O) groups excluding carboxylic acids is 1. The Morgan fingerprint density at radius 2 is 2.08 bits per heavy atom. The minimum atomic E-state index is -0.257. The Labute approximate surface area is 72.2 Å². The Hall–Kier alpha value is -1.26. The van der Waals surface area contributed by atoms with E-state index >= 15 is 0 Å². The number of amides is 1. The lowest BCUT2D eigenvalue weighted by Gasteiger charge is -2.02. The van der Waals surface area contributed by atoms with Gasteiger partial charge in [0.1, 0.15) is 0 Å². The van der Waals surface area contributed by atoms with Crippen LogP contribution in [0.3, 0.4) is 0 Å². The zero-order chi connectivity index (χ0) is 9.40. The van der Waals surface area contributed by atoms with E-state index in [0.29, 0.717) is 12.4 Å². The summed E-state index contributed by atoms with van der Waals surface area (Å²) < 4.78 is 0. The van der Waals surface area contributed by atoms with Crippen LogP contribution in [0.4, 0.5) is 0 Å². The number of hydrogen-bond donors (Lipinski definition) is 3. The first-order chi connectivity index (χ1) is 5.66. The molecule has 0 aliphatic carbocycles. The second-order valence-electron chi connectivity index (χ2n) is 2.46. The normalized spacial score (nSPS) is 11.2. The van der Waals surface area contributed by atoms with Crippen LogP contribution in [-0.2, 0) is 4.79 Å². The molecule has 0 unspecified atom stereocenters. The molecule has 0 aliphatic rings. The van der Waals surface area contributed by atoms with Crippen molar-refractivity contribution in [2.24, 2.45) is 16.5 Å². The molecule has 0 rings (SSSR count). The Bertz CT molecular complexity index is 167. The molecule has 0 saturated carbocycles. The third kappa shape index (κ3) is 6.85. The lowest BCUT2D eigenvalue weighted by atomic mass is 10.2. The summed E-state index contributed by atoms with van der Waals surface area (Å²) in [5, 5.41) is 2.88. The predicted octanol–water partition coefficient (Wildman–Crippen LogP) is -0.824. The molecule has 0 spiro atoms. The quantitative estimate of drug-likeness (QED) is 0.287. The number of rotatable bonds is 5. The second-order valence-corrected chi connectivity index (χ2v) is 2.46. The van der Waals surface area contributed by atoms with E-state index in [1.807, 2.05) is 0 Å². The van der Waals surface area contributed by atoms with Crippen LogP contribution < -0.4 is 16.8 Å². The van der Waals surface area contributed by atoms with Crippen molar-refractivity contribution in [3.63, 3.8) is 0 Å². The van der Waals surface area contributed by atoms with Crippen LogP contribution in [0.2, 0.25) is 0 Å². The van der Waals surface area contributed by atoms with Crippen LogP contribution in [0.25, 0.3) is 0 Å². The van der Waals surface area contributed by atoms with Crippen molar-refractivity contribution in [2.45, 2.75) is 19.3 Å². The molecule has 0 aliphatic heterocycles. The molecular weight excluding hydrogens is 156 g/mol. The van der Waals surface area contributed by atoms with Gasteiger partial charge in [-0.05, 0) is 12.8 Å². The fourth-order valence-electron chi connectivity index (χ4n) is 0.720. The number of aliphatic imine (C=N–C) groups is 1. The second kappa shape index (κ2) is 6.45. The van der Waals surface area contributed by atoms with Crippen LogP contribution in [-0.4, -0.2) is 25.5 Å². The third-order valence-electron chi connectivity index (χ3n) is 1.40. The van der Waals surface area contributed by atoms with Crippen LogP contribution >= 0.6 is 0 Å². The summed E-state index contributed by atoms with van der Waals surface area (Å²) in [4.78, 5) is 14.0. The maximum Gasteiger partial charge on any atom is 0.217 e. The number of nitrogens with two attached hydrogens (primary N) is 2. The lowest BCUT2D eigenvalue weighted by molar-refractivity contribution is -0.118. The molecule has 0 bridgehead atoms. The van der Waals surface area contributed by atoms with Crippen molar-refractivity contribution >= 4 is 11.9 Å². The number of hydrogen-bond acceptors (Lipinski definition) is 2. The molecule has 0 fully saturated rings. The van der Waals surface area contributed by atoms with Crippen molar-refractivity contribution in [1.82, 2.24) is 5.32 Å². The minimum Gasteiger partial charge on any atom is -0.370 e. The molecular formula is C7H16N4O. The highest BCUT2D eigenvalue weighted by atomic mass is 16.1. The van der Waals surface area contributed by atoms with Gasteiger partial charge in [-0.25, -0.2) is 0 Å². The molecule has 0 saturated heterocycles. The van der Waals surface area contributed by atoms with Gasteiger partial charge in [0.25, 0.3) is 0 Å². The lowest BCUT2D eigenvalue weighted by Crippen LogP contribution is -2.32. The van der Waals surface area contributed by atoms with E-state index in [4.69, 9.17) is 11.5 Å². The fourth-order valence-corrected chi connectivity index (χ4v) is 0.720. The Kier molecular flexibility index (Phi) is 5.77. The van der Waals surface area contributed by atoms with Gasteiger partial charge >= 0.3 is 0 Å². The molecule has 5 nitrogen and oxygen atoms in total. The van der Waals surface area contributed by atoms with E-state index in [2.05, 4.69) is 10.3 Å². The monoisotopic (exact) mass is 172 g/mol. The topological polar surface area (TPSA) is 93.5 Å². The smallest absolute Gasteiger partial charge is 0.217 e. The number of nitrogens with zero attached hydrogens (tertiary/aromatic N) is 1. The van der Waals surface area contributed by atoms with Gasteiger partial charge in [0, 0.05) is 20.0 Å². The van der Waals surface area contributed by atoms with E-state index in [1.54, 1.807) is 7.05 Å². The Balaban J connectivity index is 3.16. The van der Waals surface area contributed by atoms with Gasteiger partial charge in [-0.3, -0.25) is 9.79 Å². The molecule has 12 heavy (non-hydrogen) atoms. The molecule has 70 valence electrons. The molecule has 0 aromatic rings. The largest absolute Gasteiger partial charge is 0.370 e. The maximum absolute atomic E-state index is 10.3. The molecule has 0 radical (unpaired) electrons. The SMILES string of the molecule is CN=C(N)NCCCCC(N)=O. The summed E-state index contributed by atoms with van der Waals surface area (Å²) in [5.74, 6) is 0.168. The number of guanidine groups is 1. The van der Waals surface area contributed by atoms with E-state index in [-0.39, 0.29) is 5.91 Å². The van der Waals surface area contributed by atoms with Crippen LogP contribution in [0.1, 0.15) is 19.3 Å². The standard InChI is InChI=1S/C7H16N4O/c1-10-7(9)11-5-3-2-4-6(8)12/h2-5H2,1H3,(H2,8,12)(H3,9,10,11). The van der Waals surface area contributed by atoms with Crippen molar-refractivity contribution in [2.75, 3.05) is 13.6 Å². The average molecular weight is 172 g/mol. The van der Waals surface area contributed by atoms with Gasteiger partial charge in [-0.2, -0.15) is 0 Å². The highest BCUT2D eigenvalue weighted by molar-refractivity contribution is 5.77. The van der Waals surface area contributed by atoms with Crippen molar-refractivity contribution in [3.05, 3.63) is 0 Å². The maximum atomic E-state index is 10.3. The summed E-state index contributed by atoms with van der Waals surface area (Å²) in [6, 6.07) is 0. The number of unbranched alkanes of at least 4 members (excludes halogenated alkanes) is 1. The van der Waals surface area contributed by atoms with E-state index in [1.165, 1.54) is 0 Å². The number of nitrogens with one attached hydrogen (secondary N) is 1. The molecule has 0 atom stereocenters. The molecule has 5 N–H and O–H groups in total. The number of primary amides is 1. The molecule has 5 heteroatoms. The summed E-state index contributed by atoms with van der Waals surface area (Å²) in [5.41, 5.74) is 10.3.